The van der Waals surface area contributed by atoms with Gasteiger partial charge in [0.05, 0.1) is 28.2 Å². The minimum atomic E-state index is -0.726. The summed E-state index contributed by atoms with van der Waals surface area (Å²) in [5, 5.41) is 3.76. The number of amides is 1. The van der Waals surface area contributed by atoms with E-state index in [4.69, 9.17) is 4.74 Å². The minimum absolute atomic E-state index is 0.0277. The lowest BCUT2D eigenvalue weighted by molar-refractivity contribution is -0.149. The van der Waals surface area contributed by atoms with Gasteiger partial charge in [0.25, 0.3) is 0 Å². The lowest BCUT2D eigenvalue weighted by Gasteiger charge is -2.62. The van der Waals surface area contributed by atoms with Crippen LogP contribution in [0.25, 0.3) is 16.5 Å². The summed E-state index contributed by atoms with van der Waals surface area (Å²) in [4.78, 5) is 55.5. The molecule has 1 aromatic carbocycles. The van der Waals surface area contributed by atoms with E-state index in [9.17, 15) is 19.2 Å². The third kappa shape index (κ3) is 4.10. The highest BCUT2D eigenvalue weighted by atomic mass is 16.5. The van der Waals surface area contributed by atoms with Crippen LogP contribution in [-0.4, -0.2) is 46.1 Å². The number of nitrogens with one attached hydrogen (secondary N) is 1. The summed E-state index contributed by atoms with van der Waals surface area (Å²) in [6.07, 6.45) is 11.9. The molecule has 2 fully saturated rings. The van der Waals surface area contributed by atoms with Crippen molar-refractivity contribution < 1.29 is 23.9 Å². The van der Waals surface area contributed by atoms with Crippen LogP contribution >= 0.6 is 0 Å². The Morgan fingerprint density at radius 3 is 2.39 bits per heavy atom. The molecule has 0 unspecified atom stereocenters. The molecule has 0 radical (unpaired) electrons. The first-order valence-electron chi connectivity index (χ1n) is 18.8. The van der Waals surface area contributed by atoms with Crippen LogP contribution in [0.2, 0.25) is 0 Å². The Morgan fingerprint density at radius 2 is 1.73 bits per heavy atom. The highest BCUT2D eigenvalue weighted by Gasteiger charge is 2.68. The quantitative estimate of drug-likeness (QED) is 0.199. The average molecular weight is 689 g/mol. The topological polar surface area (TPSA) is 94.5 Å². The molecule has 2 saturated carbocycles. The number of aromatic nitrogens is 1. The van der Waals surface area contributed by atoms with E-state index in [0.717, 1.165) is 53.3 Å². The Hall–Kier alpha value is -3.84. The van der Waals surface area contributed by atoms with Gasteiger partial charge in [-0.3, -0.25) is 19.2 Å². The fraction of sp³-hybridized carbons (Fsp3) is 0.545. The van der Waals surface area contributed by atoms with E-state index in [1.807, 2.05) is 46.8 Å². The monoisotopic (exact) mass is 688 g/mol. The predicted molar refractivity (Wildman–Crippen MR) is 200 cm³/mol. The molecule has 51 heavy (non-hydrogen) atoms. The molecule has 8 rings (SSSR count). The maximum Gasteiger partial charge on any atom is 0.246 e. The second kappa shape index (κ2) is 10.4. The molecule has 6 aliphatic rings. The number of allylic oxidation sites excluding steroid dienone is 4. The molecule has 0 saturated heterocycles. The number of Topliss-reactive ketones (excluding diaryl/α,β-unsaturated/α-hetero) is 3. The zero-order valence-corrected chi connectivity index (χ0v) is 31.9. The third-order valence-electron chi connectivity index (χ3n) is 14.6. The van der Waals surface area contributed by atoms with Crippen molar-refractivity contribution in [2.24, 2.45) is 28.6 Å². The lowest BCUT2D eigenvalue weighted by atomic mass is 9.41. The summed E-state index contributed by atoms with van der Waals surface area (Å²) in [5.41, 5.74) is 5.14. The molecule has 1 amide bonds. The number of fused-ring (bicyclic) bond motifs is 11. The van der Waals surface area contributed by atoms with Crippen molar-refractivity contribution in [1.29, 1.82) is 0 Å². The van der Waals surface area contributed by atoms with Crippen molar-refractivity contribution in [3.8, 4) is 0 Å². The summed E-state index contributed by atoms with van der Waals surface area (Å²) >= 11 is 0. The number of nitrogens with zero attached hydrogens (tertiary/aromatic N) is 1. The summed E-state index contributed by atoms with van der Waals surface area (Å²) in [6.45, 7) is 23.0. The van der Waals surface area contributed by atoms with Crippen LogP contribution in [0.1, 0.15) is 132 Å². The van der Waals surface area contributed by atoms with Crippen molar-refractivity contribution in [2.45, 2.75) is 117 Å². The Balaban J connectivity index is 1.35. The van der Waals surface area contributed by atoms with Crippen LogP contribution < -0.4 is 5.32 Å². The smallest absolute Gasteiger partial charge is 0.246 e. The number of rotatable bonds is 4. The molecule has 2 aliphatic heterocycles. The zero-order chi connectivity index (χ0) is 37.0. The van der Waals surface area contributed by atoms with Gasteiger partial charge in [0.2, 0.25) is 5.91 Å². The van der Waals surface area contributed by atoms with E-state index in [1.165, 1.54) is 11.3 Å². The van der Waals surface area contributed by atoms with Gasteiger partial charge in [-0.15, -0.1) is 0 Å². The number of hydrogen-bond acceptors (Lipinski definition) is 5. The van der Waals surface area contributed by atoms with Gasteiger partial charge in [-0.05, 0) is 120 Å². The first-order chi connectivity index (χ1) is 23.7. The van der Waals surface area contributed by atoms with Gasteiger partial charge in [-0.1, -0.05) is 44.2 Å². The van der Waals surface area contributed by atoms with Crippen molar-refractivity contribution >= 4 is 39.7 Å². The van der Waals surface area contributed by atoms with E-state index in [1.54, 1.807) is 20.0 Å². The SMILES string of the molecule is C=C(C)[C@H]1C(=O)c2c3c(cc4c5c(n1c24)[C@@]1(C)[C@@H](CC[C@@H]2[C@]1(C)CCC(=O)[C@@]2(C)/C=C/C=C(\C)C(=O)NC)C5)C1=CC(C)(C)OC(C)(C)[C@H]1C3=O. The van der Waals surface area contributed by atoms with Crippen LogP contribution in [0, 0.1) is 28.6 Å². The first kappa shape index (κ1) is 34.3. The molecule has 7 atom stereocenters. The van der Waals surface area contributed by atoms with Gasteiger partial charge in [0.15, 0.2) is 11.6 Å². The van der Waals surface area contributed by atoms with E-state index in [-0.39, 0.29) is 40.0 Å². The van der Waals surface area contributed by atoms with E-state index >= 15 is 0 Å². The summed E-state index contributed by atoms with van der Waals surface area (Å²) in [5.74, 6) is -0.0161. The van der Waals surface area contributed by atoms with Gasteiger partial charge in [0, 0.05) is 46.5 Å². The highest BCUT2D eigenvalue weighted by Crippen LogP contribution is 2.71. The number of hydrogen-bond donors (Lipinski definition) is 1. The number of benzene rings is 1. The zero-order valence-electron chi connectivity index (χ0n) is 31.9. The molecular formula is C44H52N2O5. The molecule has 2 aromatic rings. The van der Waals surface area contributed by atoms with Gasteiger partial charge in [-0.25, -0.2) is 0 Å². The Morgan fingerprint density at radius 1 is 1.02 bits per heavy atom. The van der Waals surface area contributed by atoms with Crippen molar-refractivity contribution in [2.75, 3.05) is 7.05 Å². The fourth-order valence-electron chi connectivity index (χ4n) is 12.3. The number of carbonyl (C=O) groups is 4. The van der Waals surface area contributed by atoms with E-state index < -0.39 is 28.6 Å². The molecule has 1 N–H and O–H groups in total. The lowest BCUT2D eigenvalue weighted by Crippen LogP contribution is -2.61. The number of ether oxygens (including phenoxy) is 1. The molecule has 4 aliphatic carbocycles. The minimum Gasteiger partial charge on any atom is -0.364 e. The van der Waals surface area contributed by atoms with Crippen molar-refractivity contribution in [1.82, 2.24) is 9.88 Å². The standard InChI is InChI=1S/C44H52N2O5/c1-22(2)34-37(49)32-31-25(28-21-40(4,5)51-41(6,7)33(28)36(31)48)20-26-27-19-24-14-15-29-42(8,17-12-13-23(3)39(50)45-11)30(47)16-18-43(29,9)44(24,10)38(27)46(34)35(26)32/h12-13,17,20-21,24,29,33-34H,1,14-16,18-19H2,2-11H3,(H,45,50)/b17-12+,23-13+/t24-,29-,33+,34-,42-,43-,44+/m0/s1. The Bertz CT molecular complexity index is 2140. The Kier molecular flexibility index (Phi) is 6.98. The van der Waals surface area contributed by atoms with Crippen LogP contribution in [-0.2, 0) is 26.2 Å². The molecule has 0 spiro atoms. The van der Waals surface area contributed by atoms with Gasteiger partial charge >= 0.3 is 0 Å². The maximum atomic E-state index is 14.8. The van der Waals surface area contributed by atoms with Crippen LogP contribution in [0.3, 0.4) is 0 Å². The molecule has 3 heterocycles. The van der Waals surface area contributed by atoms with Gasteiger partial charge in [0.1, 0.15) is 11.8 Å². The molecule has 7 nitrogen and oxygen atoms in total. The second-order valence-electron chi connectivity index (χ2n) is 18.2. The molecule has 0 bridgehead atoms. The van der Waals surface area contributed by atoms with Crippen LogP contribution in [0.4, 0.5) is 0 Å². The molecule has 268 valence electrons. The first-order valence-corrected chi connectivity index (χ1v) is 18.8. The summed E-state index contributed by atoms with van der Waals surface area (Å²) in [7, 11) is 1.62. The van der Waals surface area contributed by atoms with Crippen LogP contribution in [0.5, 0.6) is 0 Å². The molecule has 1 aromatic heterocycles. The Labute approximate surface area is 301 Å². The average Bonchev–Trinajstić information content (AvgIpc) is 3.71. The number of ketones is 3. The maximum absolute atomic E-state index is 14.8. The number of likely N-dealkylation sites (N-methyl/N-ethyl adjacent to an activating group) is 1. The third-order valence-corrected chi connectivity index (χ3v) is 14.6. The molecule has 7 heteroatoms. The predicted octanol–water partition coefficient (Wildman–Crippen LogP) is 8.20. The second-order valence-corrected chi connectivity index (χ2v) is 18.2. The summed E-state index contributed by atoms with van der Waals surface area (Å²) in [6, 6.07) is 1.65. The van der Waals surface area contributed by atoms with Crippen molar-refractivity contribution in [3.05, 3.63) is 76.0 Å². The highest BCUT2D eigenvalue weighted by molar-refractivity contribution is 6.28. The number of carbonyl (C=O) groups excluding carboxylic acids is 4. The van der Waals surface area contributed by atoms with Crippen molar-refractivity contribution in [3.63, 3.8) is 0 Å². The fourth-order valence-corrected chi connectivity index (χ4v) is 12.3. The van der Waals surface area contributed by atoms with Gasteiger partial charge < -0.3 is 14.6 Å². The van der Waals surface area contributed by atoms with Crippen LogP contribution in [0.15, 0.2) is 48.1 Å². The van der Waals surface area contributed by atoms with E-state index in [2.05, 4.69) is 49.4 Å². The molecular weight excluding hydrogens is 636 g/mol. The van der Waals surface area contributed by atoms with E-state index in [0.29, 0.717) is 29.0 Å². The summed E-state index contributed by atoms with van der Waals surface area (Å²) < 4.78 is 8.76. The largest absolute Gasteiger partial charge is 0.364 e. The normalized spacial score (nSPS) is 35.8. The van der Waals surface area contributed by atoms with Gasteiger partial charge in [-0.2, -0.15) is 0 Å².